The molecule has 1 aromatic carbocycles. The first-order valence-corrected chi connectivity index (χ1v) is 4.93. The van der Waals surface area contributed by atoms with E-state index in [1.54, 1.807) is 12.3 Å². The second-order valence-electron chi connectivity index (χ2n) is 3.42. The highest BCUT2D eigenvalue weighted by molar-refractivity contribution is 5.18. The first-order valence-electron chi connectivity index (χ1n) is 4.93. The second-order valence-corrected chi connectivity index (χ2v) is 3.42. The molecule has 2 nitrogen and oxygen atoms in total. The van der Waals surface area contributed by atoms with E-state index in [9.17, 15) is 8.78 Å². The van der Waals surface area contributed by atoms with Gasteiger partial charge < -0.3 is 9.73 Å². The predicted octanol–water partition coefficient (Wildman–Crippen LogP) is 2.85. The normalized spacial score (nSPS) is 10.6. The van der Waals surface area contributed by atoms with E-state index in [-0.39, 0.29) is 0 Å². The second kappa shape index (κ2) is 4.90. The third kappa shape index (κ3) is 2.67. The highest BCUT2D eigenvalue weighted by atomic mass is 19.1. The Morgan fingerprint density at radius 2 is 2.00 bits per heavy atom. The van der Waals surface area contributed by atoms with Crippen LogP contribution in [0, 0.1) is 11.6 Å². The van der Waals surface area contributed by atoms with Gasteiger partial charge in [0.15, 0.2) is 0 Å². The van der Waals surface area contributed by atoms with Crippen molar-refractivity contribution in [3.8, 4) is 0 Å². The number of hydrogen-bond donors (Lipinski definition) is 1. The summed E-state index contributed by atoms with van der Waals surface area (Å²) in [5.41, 5.74) is 0.438. The monoisotopic (exact) mass is 223 g/mol. The molecule has 1 heterocycles. The van der Waals surface area contributed by atoms with Gasteiger partial charge in [-0.05, 0) is 18.2 Å². The Labute approximate surface area is 91.9 Å². The van der Waals surface area contributed by atoms with Crippen molar-refractivity contribution in [1.82, 2.24) is 5.32 Å². The van der Waals surface area contributed by atoms with Crippen molar-refractivity contribution in [3.63, 3.8) is 0 Å². The lowest BCUT2D eigenvalue weighted by Crippen LogP contribution is -2.13. The maximum Gasteiger partial charge on any atom is 0.130 e. The largest absolute Gasteiger partial charge is 0.468 e. The minimum atomic E-state index is -0.563. The molecular weight excluding hydrogens is 212 g/mol. The molecule has 2 aromatic rings. The van der Waals surface area contributed by atoms with Crippen LogP contribution in [0.1, 0.15) is 11.3 Å². The van der Waals surface area contributed by atoms with E-state index in [1.165, 1.54) is 12.1 Å². The van der Waals surface area contributed by atoms with Crippen molar-refractivity contribution < 1.29 is 13.2 Å². The van der Waals surface area contributed by atoms with Crippen LogP contribution in [0.2, 0.25) is 0 Å². The van der Waals surface area contributed by atoms with E-state index in [2.05, 4.69) is 5.32 Å². The molecule has 84 valence electrons. The molecule has 16 heavy (non-hydrogen) atoms. The van der Waals surface area contributed by atoms with Crippen molar-refractivity contribution >= 4 is 0 Å². The van der Waals surface area contributed by atoms with Gasteiger partial charge in [0, 0.05) is 18.2 Å². The van der Waals surface area contributed by atoms with Gasteiger partial charge >= 0.3 is 0 Å². The van der Waals surface area contributed by atoms with E-state index in [0.29, 0.717) is 18.7 Å². The molecule has 0 aliphatic heterocycles. The highest BCUT2D eigenvalue weighted by Crippen LogP contribution is 2.09. The topological polar surface area (TPSA) is 25.2 Å². The van der Waals surface area contributed by atoms with Crippen LogP contribution in [0.15, 0.2) is 41.0 Å². The fraction of sp³-hybridized carbons (Fsp3) is 0.167. The molecule has 0 radical (unpaired) electrons. The molecule has 0 aliphatic rings. The van der Waals surface area contributed by atoms with Gasteiger partial charge in [0.25, 0.3) is 0 Å². The van der Waals surface area contributed by atoms with E-state index >= 15 is 0 Å². The number of nitrogens with one attached hydrogen (secondary N) is 1. The van der Waals surface area contributed by atoms with Gasteiger partial charge in [-0.15, -0.1) is 0 Å². The molecule has 0 amide bonds. The molecule has 0 saturated heterocycles. The average molecular weight is 223 g/mol. The first kappa shape index (κ1) is 10.8. The van der Waals surface area contributed by atoms with Crippen LogP contribution in [-0.4, -0.2) is 0 Å². The van der Waals surface area contributed by atoms with Crippen molar-refractivity contribution in [2.24, 2.45) is 0 Å². The summed E-state index contributed by atoms with van der Waals surface area (Å²) >= 11 is 0. The molecule has 0 atom stereocenters. The van der Waals surface area contributed by atoms with Crippen LogP contribution in [0.4, 0.5) is 8.78 Å². The summed E-state index contributed by atoms with van der Waals surface area (Å²) in [4.78, 5) is 0. The Morgan fingerprint density at radius 3 is 2.69 bits per heavy atom. The molecule has 0 fully saturated rings. The van der Waals surface area contributed by atoms with E-state index in [0.717, 1.165) is 11.8 Å². The quantitative estimate of drug-likeness (QED) is 0.862. The predicted molar refractivity (Wildman–Crippen MR) is 55.6 cm³/mol. The average Bonchev–Trinajstić information content (AvgIpc) is 2.74. The minimum absolute atomic E-state index is 0.340. The Bertz CT molecular complexity index is 454. The van der Waals surface area contributed by atoms with Gasteiger partial charge in [0.1, 0.15) is 17.4 Å². The summed E-state index contributed by atoms with van der Waals surface area (Å²) < 4.78 is 30.9. The Kier molecular flexibility index (Phi) is 3.31. The fourth-order valence-corrected chi connectivity index (χ4v) is 1.40. The number of benzene rings is 1. The van der Waals surface area contributed by atoms with Gasteiger partial charge in [-0.1, -0.05) is 6.07 Å². The van der Waals surface area contributed by atoms with Crippen molar-refractivity contribution in [3.05, 3.63) is 59.6 Å². The zero-order valence-electron chi connectivity index (χ0n) is 8.54. The van der Waals surface area contributed by atoms with Gasteiger partial charge in [0.05, 0.1) is 12.8 Å². The van der Waals surface area contributed by atoms with Crippen LogP contribution in [0.5, 0.6) is 0 Å². The van der Waals surface area contributed by atoms with Gasteiger partial charge in [0.2, 0.25) is 0 Å². The molecule has 0 saturated carbocycles. The lowest BCUT2D eigenvalue weighted by molar-refractivity contribution is 0.479. The maximum atomic E-state index is 13.2. The minimum Gasteiger partial charge on any atom is -0.468 e. The molecular formula is C12H11F2NO. The maximum absolute atomic E-state index is 13.2. The molecule has 0 aliphatic carbocycles. The van der Waals surface area contributed by atoms with Crippen LogP contribution >= 0.6 is 0 Å². The first-order chi connectivity index (χ1) is 7.75. The van der Waals surface area contributed by atoms with Gasteiger partial charge in [-0.3, -0.25) is 0 Å². The Hall–Kier alpha value is -1.68. The van der Waals surface area contributed by atoms with Gasteiger partial charge in [-0.25, -0.2) is 8.78 Å². The molecule has 0 bridgehead atoms. The molecule has 1 aromatic heterocycles. The number of rotatable bonds is 4. The lowest BCUT2D eigenvalue weighted by Gasteiger charge is -2.04. The van der Waals surface area contributed by atoms with E-state index in [4.69, 9.17) is 4.42 Å². The van der Waals surface area contributed by atoms with Crippen molar-refractivity contribution in [2.45, 2.75) is 13.1 Å². The SMILES string of the molecule is Fc1ccc(CNCc2ccco2)c(F)c1. The smallest absolute Gasteiger partial charge is 0.130 e. The zero-order valence-corrected chi connectivity index (χ0v) is 8.54. The number of furan rings is 1. The number of hydrogen-bond acceptors (Lipinski definition) is 2. The van der Waals surface area contributed by atoms with Crippen LogP contribution < -0.4 is 5.32 Å². The summed E-state index contributed by atoms with van der Waals surface area (Å²) in [6.07, 6.45) is 1.58. The lowest BCUT2D eigenvalue weighted by atomic mass is 10.2. The molecule has 1 N–H and O–H groups in total. The molecule has 0 spiro atoms. The van der Waals surface area contributed by atoms with Gasteiger partial charge in [-0.2, -0.15) is 0 Å². The van der Waals surface area contributed by atoms with Crippen molar-refractivity contribution in [2.75, 3.05) is 0 Å². The molecule has 2 rings (SSSR count). The standard InChI is InChI=1S/C12H11F2NO/c13-10-4-3-9(12(14)6-10)7-15-8-11-2-1-5-16-11/h1-6,15H,7-8H2. The Morgan fingerprint density at radius 1 is 1.12 bits per heavy atom. The zero-order chi connectivity index (χ0) is 11.4. The van der Waals surface area contributed by atoms with E-state index in [1.807, 2.05) is 6.07 Å². The number of halogens is 2. The van der Waals surface area contributed by atoms with Crippen LogP contribution in [0.25, 0.3) is 0 Å². The summed E-state index contributed by atoms with van der Waals surface area (Å²) in [5.74, 6) is -0.318. The van der Waals surface area contributed by atoms with Crippen molar-refractivity contribution in [1.29, 1.82) is 0 Å². The molecule has 0 unspecified atom stereocenters. The summed E-state index contributed by atoms with van der Waals surface area (Å²) in [7, 11) is 0. The van der Waals surface area contributed by atoms with Crippen LogP contribution in [-0.2, 0) is 13.1 Å². The highest BCUT2D eigenvalue weighted by Gasteiger charge is 2.03. The third-order valence-corrected chi connectivity index (χ3v) is 2.21. The van der Waals surface area contributed by atoms with E-state index < -0.39 is 11.6 Å². The summed E-state index contributed by atoms with van der Waals surface area (Å²) in [6.45, 7) is 0.858. The summed E-state index contributed by atoms with van der Waals surface area (Å²) in [5, 5.41) is 3.01. The fourth-order valence-electron chi connectivity index (χ4n) is 1.40. The third-order valence-electron chi connectivity index (χ3n) is 2.21. The molecule has 4 heteroatoms. The summed E-state index contributed by atoms with van der Waals surface area (Å²) in [6, 6.07) is 7.17. The Balaban J connectivity index is 1.90. The van der Waals surface area contributed by atoms with Crippen LogP contribution in [0.3, 0.4) is 0 Å².